The molecule has 2 aliphatic heterocycles. The molecule has 3 aliphatic rings. The second kappa shape index (κ2) is 11.4. The Kier molecular flexibility index (Phi) is 8.40. The third-order valence-corrected chi connectivity index (χ3v) is 7.89. The van der Waals surface area contributed by atoms with Crippen LogP contribution in [0, 0.1) is 5.92 Å². The van der Waals surface area contributed by atoms with Gasteiger partial charge in [-0.3, -0.25) is 4.90 Å². The molecule has 30 heavy (non-hydrogen) atoms. The van der Waals surface area contributed by atoms with Crippen molar-refractivity contribution >= 4 is 17.4 Å². The molecule has 2 amide bonds. The molecule has 3 heterocycles. The fraction of sp³-hybridized carbons (Fsp3) is 0.826. The zero-order valence-corrected chi connectivity index (χ0v) is 19.3. The maximum atomic E-state index is 12.6. The first-order valence-electron chi connectivity index (χ1n) is 12.1. The summed E-state index contributed by atoms with van der Waals surface area (Å²) in [4.78, 5) is 24.4. The number of hydrogen-bond acceptors (Lipinski definition) is 5. The van der Waals surface area contributed by atoms with Crippen LogP contribution in [0.4, 0.5) is 4.79 Å². The number of nitrogens with one attached hydrogen (secondary N) is 1. The summed E-state index contributed by atoms with van der Waals surface area (Å²) in [7, 11) is 0. The number of piperidine rings is 2. The van der Waals surface area contributed by atoms with Gasteiger partial charge in [-0.2, -0.15) is 0 Å². The van der Waals surface area contributed by atoms with E-state index in [1.165, 1.54) is 56.7 Å². The van der Waals surface area contributed by atoms with Crippen LogP contribution < -0.4 is 5.32 Å². The molecule has 4 rings (SSSR count). The Balaban J connectivity index is 1.23. The van der Waals surface area contributed by atoms with Crippen LogP contribution in [0.2, 0.25) is 0 Å². The molecular formula is C23H39N5OS. The highest BCUT2D eigenvalue weighted by molar-refractivity contribution is 7.09. The molecule has 1 aromatic rings. The van der Waals surface area contributed by atoms with Gasteiger partial charge in [0.05, 0.1) is 6.54 Å². The number of carbonyl (C=O) groups excluding carboxylic acids is 1. The summed E-state index contributed by atoms with van der Waals surface area (Å²) in [5.41, 5.74) is 0. The second-order valence-electron chi connectivity index (χ2n) is 9.42. The molecular weight excluding hydrogens is 394 g/mol. The van der Waals surface area contributed by atoms with Gasteiger partial charge in [-0.1, -0.05) is 19.3 Å². The summed E-state index contributed by atoms with van der Waals surface area (Å²) < 4.78 is 0. The van der Waals surface area contributed by atoms with Crippen molar-refractivity contribution in [2.75, 3.05) is 45.8 Å². The van der Waals surface area contributed by atoms with Gasteiger partial charge in [0.15, 0.2) is 0 Å². The summed E-state index contributed by atoms with van der Waals surface area (Å²) in [5.74, 6) is 0.682. The van der Waals surface area contributed by atoms with E-state index in [9.17, 15) is 4.79 Å². The van der Waals surface area contributed by atoms with Crippen molar-refractivity contribution < 1.29 is 4.79 Å². The van der Waals surface area contributed by atoms with Crippen LogP contribution in [0.25, 0.3) is 0 Å². The van der Waals surface area contributed by atoms with Crippen molar-refractivity contribution in [3.63, 3.8) is 0 Å². The number of aromatic nitrogens is 1. The molecule has 0 radical (unpaired) electrons. The van der Waals surface area contributed by atoms with Gasteiger partial charge in [-0.05, 0) is 57.5 Å². The molecule has 0 spiro atoms. The lowest BCUT2D eigenvalue weighted by atomic mass is 9.96. The van der Waals surface area contributed by atoms with Crippen molar-refractivity contribution in [3.05, 3.63) is 16.6 Å². The Hall–Kier alpha value is -1.18. The fourth-order valence-corrected chi connectivity index (χ4v) is 5.90. The van der Waals surface area contributed by atoms with E-state index in [1.807, 2.05) is 11.1 Å². The van der Waals surface area contributed by atoms with Gasteiger partial charge in [0, 0.05) is 50.3 Å². The zero-order valence-electron chi connectivity index (χ0n) is 18.4. The predicted octanol–water partition coefficient (Wildman–Crippen LogP) is 3.80. The Morgan fingerprint density at radius 2 is 1.83 bits per heavy atom. The minimum Gasteiger partial charge on any atom is -0.335 e. The van der Waals surface area contributed by atoms with Crippen LogP contribution in [-0.2, 0) is 6.54 Å². The highest BCUT2D eigenvalue weighted by Crippen LogP contribution is 2.22. The van der Waals surface area contributed by atoms with Crippen LogP contribution in [0.5, 0.6) is 0 Å². The average molecular weight is 434 g/mol. The van der Waals surface area contributed by atoms with Crippen LogP contribution in [-0.4, -0.2) is 77.6 Å². The number of thiazole rings is 1. The maximum absolute atomic E-state index is 12.6. The monoisotopic (exact) mass is 433 g/mol. The lowest BCUT2D eigenvalue weighted by molar-refractivity contribution is 0.128. The normalized spacial score (nSPS) is 22.1. The minimum absolute atomic E-state index is 0.171. The topological polar surface area (TPSA) is 51.7 Å². The van der Waals surface area contributed by atoms with E-state index in [0.717, 1.165) is 58.4 Å². The van der Waals surface area contributed by atoms with E-state index in [0.29, 0.717) is 12.0 Å². The van der Waals surface area contributed by atoms with E-state index in [1.54, 1.807) is 11.3 Å². The number of nitrogens with zero attached hydrogens (tertiary/aromatic N) is 4. The minimum atomic E-state index is 0.171. The van der Waals surface area contributed by atoms with Gasteiger partial charge in [0.1, 0.15) is 5.01 Å². The quantitative estimate of drug-likeness (QED) is 0.678. The molecule has 6 nitrogen and oxygen atoms in total. The summed E-state index contributed by atoms with van der Waals surface area (Å²) in [5, 5.41) is 6.56. The van der Waals surface area contributed by atoms with Crippen molar-refractivity contribution in [3.8, 4) is 0 Å². The van der Waals surface area contributed by atoms with Crippen LogP contribution in [0.3, 0.4) is 0 Å². The molecule has 7 heteroatoms. The van der Waals surface area contributed by atoms with E-state index in [-0.39, 0.29) is 6.03 Å². The van der Waals surface area contributed by atoms with Crippen molar-refractivity contribution in [2.24, 2.45) is 5.92 Å². The highest BCUT2D eigenvalue weighted by Gasteiger charge is 2.27. The highest BCUT2D eigenvalue weighted by atomic mass is 32.1. The standard InChI is InChI=1S/C23H39N5OS/c29-23(25-21-6-2-3-7-21)28-13-8-20(9-14-28)18-27(19-22-24-10-17-30-22)16-15-26-11-4-1-5-12-26/h10,17,20-21H,1-9,11-16,18-19H2,(H,25,29). The molecule has 2 saturated heterocycles. The number of carbonyl (C=O) groups is 1. The van der Waals surface area contributed by atoms with E-state index < -0.39 is 0 Å². The number of likely N-dealkylation sites (tertiary alicyclic amines) is 2. The SMILES string of the molecule is O=C(NC1CCCC1)N1CCC(CN(CCN2CCCCC2)Cc2nccs2)CC1. The molecule has 3 fully saturated rings. The molecule has 0 bridgehead atoms. The molecule has 1 aliphatic carbocycles. The summed E-state index contributed by atoms with van der Waals surface area (Å²) in [6.07, 6.45) is 13.1. The number of amides is 2. The van der Waals surface area contributed by atoms with Gasteiger partial charge < -0.3 is 15.1 Å². The first-order valence-corrected chi connectivity index (χ1v) is 13.0. The van der Waals surface area contributed by atoms with Gasteiger partial charge >= 0.3 is 6.03 Å². The number of hydrogen-bond donors (Lipinski definition) is 1. The van der Waals surface area contributed by atoms with E-state index in [2.05, 4.69) is 25.5 Å². The molecule has 168 valence electrons. The molecule has 0 unspecified atom stereocenters. The van der Waals surface area contributed by atoms with Crippen LogP contribution >= 0.6 is 11.3 Å². The smallest absolute Gasteiger partial charge is 0.317 e. The Labute approximate surface area is 186 Å². The summed E-state index contributed by atoms with van der Waals surface area (Å²) >= 11 is 1.77. The van der Waals surface area contributed by atoms with Crippen LogP contribution in [0.15, 0.2) is 11.6 Å². The largest absolute Gasteiger partial charge is 0.335 e. The third-order valence-electron chi connectivity index (χ3n) is 7.12. The Bertz CT molecular complexity index is 620. The molecule has 1 saturated carbocycles. The number of urea groups is 1. The molecule has 0 aromatic carbocycles. The fourth-order valence-electron chi connectivity index (χ4n) is 5.24. The average Bonchev–Trinajstić information content (AvgIpc) is 3.48. The zero-order chi connectivity index (χ0) is 20.6. The van der Waals surface area contributed by atoms with Gasteiger partial charge in [-0.15, -0.1) is 11.3 Å². The Morgan fingerprint density at radius 1 is 1.07 bits per heavy atom. The maximum Gasteiger partial charge on any atom is 0.317 e. The van der Waals surface area contributed by atoms with Crippen LogP contribution in [0.1, 0.15) is 62.8 Å². The first-order chi connectivity index (χ1) is 14.8. The molecule has 0 atom stereocenters. The Morgan fingerprint density at radius 3 is 2.53 bits per heavy atom. The van der Waals surface area contributed by atoms with Gasteiger partial charge in [0.25, 0.3) is 0 Å². The lowest BCUT2D eigenvalue weighted by Gasteiger charge is -2.36. The first kappa shape index (κ1) is 22.0. The van der Waals surface area contributed by atoms with Crippen molar-refractivity contribution in [2.45, 2.75) is 70.4 Å². The lowest BCUT2D eigenvalue weighted by Crippen LogP contribution is -2.48. The van der Waals surface area contributed by atoms with E-state index in [4.69, 9.17) is 0 Å². The molecule has 1 N–H and O–H groups in total. The molecule has 1 aromatic heterocycles. The summed E-state index contributed by atoms with van der Waals surface area (Å²) in [6, 6.07) is 0.587. The second-order valence-corrected chi connectivity index (χ2v) is 10.4. The summed E-state index contributed by atoms with van der Waals surface area (Å²) in [6.45, 7) is 8.73. The van der Waals surface area contributed by atoms with E-state index >= 15 is 0 Å². The predicted molar refractivity (Wildman–Crippen MR) is 123 cm³/mol. The number of rotatable bonds is 8. The van der Waals surface area contributed by atoms with Gasteiger partial charge in [-0.25, -0.2) is 9.78 Å². The van der Waals surface area contributed by atoms with Crippen molar-refractivity contribution in [1.82, 2.24) is 25.0 Å². The van der Waals surface area contributed by atoms with Gasteiger partial charge in [0.2, 0.25) is 0 Å². The van der Waals surface area contributed by atoms with Crippen molar-refractivity contribution in [1.29, 1.82) is 0 Å². The third kappa shape index (κ3) is 6.66.